The lowest BCUT2D eigenvalue weighted by Crippen LogP contribution is -2.30. The summed E-state index contributed by atoms with van der Waals surface area (Å²) in [6, 6.07) is 16.9. The van der Waals surface area contributed by atoms with E-state index in [0.717, 1.165) is 10.8 Å². The Morgan fingerprint density at radius 3 is 2.40 bits per heavy atom. The number of aromatic nitrogens is 1. The number of carbonyl (C=O) groups excluding carboxylic acids is 2. The van der Waals surface area contributed by atoms with Gasteiger partial charge in [0.05, 0.1) is 5.56 Å². The molecular weight excluding hydrogens is 314 g/mol. The quantitative estimate of drug-likeness (QED) is 0.682. The molecule has 2 aromatic carbocycles. The summed E-state index contributed by atoms with van der Waals surface area (Å²) >= 11 is 0. The number of rotatable bonds is 6. The standard InChI is InChI=1S/C20H19N3O2/c24-19(16-8-4-11-21-14-16)22-12-5-13-23-20(25)18-10-3-7-15-6-1-2-9-17(15)18/h1-4,6-11,14H,5,12-13H2,(H,22,24)(H,23,25). The molecule has 3 rings (SSSR count). The second-order valence-corrected chi connectivity index (χ2v) is 5.63. The third-order valence-corrected chi connectivity index (χ3v) is 3.88. The van der Waals surface area contributed by atoms with Crippen LogP contribution in [0, 0.1) is 0 Å². The highest BCUT2D eigenvalue weighted by Crippen LogP contribution is 2.18. The Morgan fingerprint density at radius 2 is 1.60 bits per heavy atom. The van der Waals surface area contributed by atoms with Crippen molar-refractivity contribution in [3.63, 3.8) is 0 Å². The highest BCUT2D eigenvalue weighted by molar-refractivity contribution is 6.07. The highest BCUT2D eigenvalue weighted by atomic mass is 16.2. The molecule has 0 aliphatic carbocycles. The Kier molecular flexibility index (Phi) is 5.36. The van der Waals surface area contributed by atoms with Crippen LogP contribution in [0.2, 0.25) is 0 Å². The monoisotopic (exact) mass is 333 g/mol. The van der Waals surface area contributed by atoms with Gasteiger partial charge in [-0.1, -0.05) is 36.4 Å². The Bertz CT molecular complexity index is 873. The molecule has 0 atom stereocenters. The Balaban J connectivity index is 1.47. The van der Waals surface area contributed by atoms with Gasteiger partial charge < -0.3 is 10.6 Å². The predicted molar refractivity (Wildman–Crippen MR) is 97.5 cm³/mol. The number of fused-ring (bicyclic) bond motifs is 1. The van der Waals surface area contributed by atoms with Crippen molar-refractivity contribution in [1.82, 2.24) is 15.6 Å². The maximum atomic E-state index is 12.4. The Morgan fingerprint density at radius 1 is 0.840 bits per heavy atom. The first-order valence-corrected chi connectivity index (χ1v) is 8.20. The van der Waals surface area contributed by atoms with Gasteiger partial charge in [-0.15, -0.1) is 0 Å². The molecule has 5 heteroatoms. The second kappa shape index (κ2) is 8.06. The van der Waals surface area contributed by atoms with Crippen LogP contribution in [0.3, 0.4) is 0 Å². The van der Waals surface area contributed by atoms with Gasteiger partial charge in [-0.2, -0.15) is 0 Å². The van der Waals surface area contributed by atoms with Crippen molar-refractivity contribution in [3.05, 3.63) is 78.1 Å². The zero-order valence-corrected chi connectivity index (χ0v) is 13.7. The molecule has 25 heavy (non-hydrogen) atoms. The van der Waals surface area contributed by atoms with Crippen LogP contribution in [0.15, 0.2) is 67.0 Å². The van der Waals surface area contributed by atoms with E-state index in [0.29, 0.717) is 30.6 Å². The lowest BCUT2D eigenvalue weighted by Gasteiger charge is -2.09. The summed E-state index contributed by atoms with van der Waals surface area (Å²) in [4.78, 5) is 28.2. The fourth-order valence-electron chi connectivity index (χ4n) is 2.61. The van der Waals surface area contributed by atoms with E-state index in [1.807, 2.05) is 42.5 Å². The van der Waals surface area contributed by atoms with Gasteiger partial charge in [0.2, 0.25) is 0 Å². The molecule has 126 valence electrons. The van der Waals surface area contributed by atoms with Gasteiger partial charge >= 0.3 is 0 Å². The van der Waals surface area contributed by atoms with Crippen LogP contribution in [0.5, 0.6) is 0 Å². The van der Waals surface area contributed by atoms with Crippen LogP contribution in [-0.2, 0) is 0 Å². The molecule has 0 aliphatic heterocycles. The number of hydrogen-bond donors (Lipinski definition) is 2. The van der Waals surface area contributed by atoms with E-state index in [-0.39, 0.29) is 11.8 Å². The molecule has 1 heterocycles. The van der Waals surface area contributed by atoms with Crippen LogP contribution >= 0.6 is 0 Å². The first-order valence-electron chi connectivity index (χ1n) is 8.20. The van der Waals surface area contributed by atoms with Crippen molar-refractivity contribution in [3.8, 4) is 0 Å². The summed E-state index contributed by atoms with van der Waals surface area (Å²) in [5.74, 6) is -0.260. The molecule has 0 bridgehead atoms. The van der Waals surface area contributed by atoms with E-state index in [2.05, 4.69) is 15.6 Å². The SMILES string of the molecule is O=C(NCCCNC(=O)c1cccc2ccccc12)c1cccnc1. The number of benzene rings is 2. The Hall–Kier alpha value is -3.21. The normalized spacial score (nSPS) is 10.4. The van der Waals surface area contributed by atoms with Gasteiger partial charge in [0, 0.05) is 31.0 Å². The minimum atomic E-state index is -0.159. The fraction of sp³-hybridized carbons (Fsp3) is 0.150. The maximum Gasteiger partial charge on any atom is 0.252 e. The maximum absolute atomic E-state index is 12.4. The van der Waals surface area contributed by atoms with Crippen LogP contribution in [0.1, 0.15) is 27.1 Å². The minimum Gasteiger partial charge on any atom is -0.352 e. The van der Waals surface area contributed by atoms with Gasteiger partial charge in [0.1, 0.15) is 0 Å². The molecule has 0 aliphatic rings. The molecule has 3 aromatic rings. The van der Waals surface area contributed by atoms with Gasteiger partial charge in [0.25, 0.3) is 11.8 Å². The van der Waals surface area contributed by atoms with Crippen molar-refractivity contribution in [2.45, 2.75) is 6.42 Å². The molecule has 0 unspecified atom stereocenters. The van der Waals surface area contributed by atoms with Gasteiger partial charge in [0.15, 0.2) is 0 Å². The third kappa shape index (κ3) is 4.20. The van der Waals surface area contributed by atoms with E-state index in [4.69, 9.17) is 0 Å². The zero-order valence-electron chi connectivity index (χ0n) is 13.7. The third-order valence-electron chi connectivity index (χ3n) is 3.88. The van der Waals surface area contributed by atoms with E-state index in [1.54, 1.807) is 18.3 Å². The number of amides is 2. The second-order valence-electron chi connectivity index (χ2n) is 5.63. The number of nitrogens with zero attached hydrogens (tertiary/aromatic N) is 1. The van der Waals surface area contributed by atoms with Gasteiger partial charge in [-0.05, 0) is 35.4 Å². The van der Waals surface area contributed by atoms with Crippen molar-refractivity contribution < 1.29 is 9.59 Å². The highest BCUT2D eigenvalue weighted by Gasteiger charge is 2.09. The summed E-state index contributed by atoms with van der Waals surface area (Å²) < 4.78 is 0. The zero-order chi connectivity index (χ0) is 17.5. The molecule has 0 fully saturated rings. The first-order chi connectivity index (χ1) is 12.3. The summed E-state index contributed by atoms with van der Waals surface area (Å²) in [5.41, 5.74) is 1.19. The van der Waals surface area contributed by atoms with Gasteiger partial charge in [-0.3, -0.25) is 14.6 Å². The van der Waals surface area contributed by atoms with E-state index < -0.39 is 0 Å². The first kappa shape index (κ1) is 16.6. The molecule has 0 saturated carbocycles. The molecule has 0 spiro atoms. The lowest BCUT2D eigenvalue weighted by molar-refractivity contribution is 0.0952. The predicted octanol–water partition coefficient (Wildman–Crippen LogP) is 2.78. The van der Waals surface area contributed by atoms with Crippen LogP contribution in [-0.4, -0.2) is 29.9 Å². The van der Waals surface area contributed by atoms with Crippen LogP contribution < -0.4 is 10.6 Å². The van der Waals surface area contributed by atoms with E-state index >= 15 is 0 Å². The topological polar surface area (TPSA) is 71.1 Å². The van der Waals surface area contributed by atoms with Crippen LogP contribution in [0.25, 0.3) is 10.8 Å². The lowest BCUT2D eigenvalue weighted by atomic mass is 10.0. The number of nitrogens with one attached hydrogen (secondary N) is 2. The Labute approximate surface area is 146 Å². The number of carbonyl (C=O) groups is 2. The molecule has 1 aromatic heterocycles. The van der Waals surface area contributed by atoms with E-state index in [9.17, 15) is 9.59 Å². The summed E-state index contributed by atoms with van der Waals surface area (Å²) in [6.45, 7) is 0.985. The number of hydrogen-bond acceptors (Lipinski definition) is 3. The molecule has 2 N–H and O–H groups in total. The number of pyridine rings is 1. The summed E-state index contributed by atoms with van der Waals surface area (Å²) in [6.07, 6.45) is 3.81. The van der Waals surface area contributed by atoms with Crippen molar-refractivity contribution in [1.29, 1.82) is 0 Å². The summed E-state index contributed by atoms with van der Waals surface area (Å²) in [5, 5.41) is 7.69. The molecule has 0 saturated heterocycles. The minimum absolute atomic E-state index is 0.101. The summed E-state index contributed by atoms with van der Waals surface area (Å²) in [7, 11) is 0. The molecule has 2 amide bonds. The average Bonchev–Trinajstić information content (AvgIpc) is 2.67. The molecule has 0 radical (unpaired) electrons. The fourth-order valence-corrected chi connectivity index (χ4v) is 2.61. The smallest absolute Gasteiger partial charge is 0.252 e. The largest absolute Gasteiger partial charge is 0.352 e. The van der Waals surface area contributed by atoms with E-state index in [1.165, 1.54) is 6.20 Å². The van der Waals surface area contributed by atoms with Crippen molar-refractivity contribution >= 4 is 22.6 Å². The molecular formula is C20H19N3O2. The molecule has 5 nitrogen and oxygen atoms in total. The average molecular weight is 333 g/mol. The van der Waals surface area contributed by atoms with Crippen molar-refractivity contribution in [2.24, 2.45) is 0 Å². The van der Waals surface area contributed by atoms with Crippen molar-refractivity contribution in [2.75, 3.05) is 13.1 Å². The van der Waals surface area contributed by atoms with Crippen LogP contribution in [0.4, 0.5) is 0 Å². The van der Waals surface area contributed by atoms with Gasteiger partial charge in [-0.25, -0.2) is 0 Å².